The van der Waals surface area contributed by atoms with Crippen LogP contribution in [0.3, 0.4) is 0 Å². The van der Waals surface area contributed by atoms with Gasteiger partial charge in [-0.1, -0.05) is 16.8 Å². The van der Waals surface area contributed by atoms with E-state index in [1.807, 2.05) is 0 Å². The fourth-order valence-corrected chi connectivity index (χ4v) is 2.05. The summed E-state index contributed by atoms with van der Waals surface area (Å²) in [7, 11) is 1.65. The molecule has 2 rings (SSSR count). The first-order chi connectivity index (χ1) is 7.99. The number of aryl methyl sites for hydroxylation is 1. The van der Waals surface area contributed by atoms with Gasteiger partial charge in [-0.2, -0.15) is 0 Å². The third kappa shape index (κ3) is 2.27. The largest absolute Gasteiger partial charge is 0.274 e. The van der Waals surface area contributed by atoms with E-state index in [4.69, 9.17) is 11.6 Å². The molecule has 7 nitrogen and oxygen atoms in total. The maximum absolute atomic E-state index is 10.7. The van der Waals surface area contributed by atoms with Gasteiger partial charge in [0.2, 0.25) is 0 Å². The standard InChI is InChI=1S/C8H5BrClN5O2/c1-14-7(8(9)12-13-14)5-2-4(15(16)17)3-6(10)11-5/h2-3H,1H3. The first-order valence-corrected chi connectivity index (χ1v) is 5.53. The quantitative estimate of drug-likeness (QED) is 0.481. The summed E-state index contributed by atoms with van der Waals surface area (Å²) in [6.07, 6.45) is 0. The molecule has 0 aromatic carbocycles. The number of hydrogen-bond acceptors (Lipinski definition) is 5. The van der Waals surface area contributed by atoms with Crippen molar-refractivity contribution in [2.45, 2.75) is 0 Å². The number of nitrogens with zero attached hydrogens (tertiary/aromatic N) is 5. The van der Waals surface area contributed by atoms with Gasteiger partial charge in [0.15, 0.2) is 4.60 Å². The average Bonchev–Trinajstić information content (AvgIpc) is 2.57. The maximum atomic E-state index is 10.7. The summed E-state index contributed by atoms with van der Waals surface area (Å²) >= 11 is 8.93. The summed E-state index contributed by atoms with van der Waals surface area (Å²) in [6, 6.07) is 2.50. The molecule has 0 N–H and O–H groups in total. The summed E-state index contributed by atoms with van der Waals surface area (Å²) in [5.74, 6) is 0. The molecule has 0 fully saturated rings. The van der Waals surface area contributed by atoms with E-state index in [9.17, 15) is 10.1 Å². The molecule has 0 saturated heterocycles. The van der Waals surface area contributed by atoms with E-state index in [-0.39, 0.29) is 10.8 Å². The second-order valence-electron chi connectivity index (χ2n) is 3.14. The van der Waals surface area contributed by atoms with Crippen LogP contribution in [0.2, 0.25) is 5.15 Å². The zero-order valence-electron chi connectivity index (χ0n) is 8.46. The van der Waals surface area contributed by atoms with Gasteiger partial charge in [-0.05, 0) is 15.9 Å². The first-order valence-electron chi connectivity index (χ1n) is 4.36. The fourth-order valence-electron chi connectivity index (χ4n) is 1.31. The minimum absolute atomic E-state index is 0.0438. The lowest BCUT2D eigenvalue weighted by Gasteiger charge is -2.01. The fraction of sp³-hybridized carbons (Fsp3) is 0.125. The van der Waals surface area contributed by atoms with Gasteiger partial charge >= 0.3 is 0 Å². The van der Waals surface area contributed by atoms with Crippen LogP contribution in [0.1, 0.15) is 0 Å². The third-order valence-electron chi connectivity index (χ3n) is 2.02. The average molecular weight is 319 g/mol. The third-order valence-corrected chi connectivity index (χ3v) is 2.75. The zero-order valence-corrected chi connectivity index (χ0v) is 10.8. The topological polar surface area (TPSA) is 86.7 Å². The van der Waals surface area contributed by atoms with Crippen molar-refractivity contribution in [2.75, 3.05) is 0 Å². The number of rotatable bonds is 2. The molecule has 2 aromatic rings. The van der Waals surface area contributed by atoms with Gasteiger partial charge in [0, 0.05) is 13.1 Å². The van der Waals surface area contributed by atoms with Crippen LogP contribution in [0.25, 0.3) is 11.4 Å². The van der Waals surface area contributed by atoms with E-state index in [1.165, 1.54) is 16.8 Å². The summed E-state index contributed by atoms with van der Waals surface area (Å²) in [6.45, 7) is 0. The lowest BCUT2D eigenvalue weighted by molar-refractivity contribution is -0.384. The predicted molar refractivity (Wildman–Crippen MR) is 63.6 cm³/mol. The molecule has 2 heterocycles. The van der Waals surface area contributed by atoms with Gasteiger partial charge in [-0.15, -0.1) is 5.10 Å². The Morgan fingerprint density at radius 3 is 2.76 bits per heavy atom. The molecule has 0 atom stereocenters. The lowest BCUT2D eigenvalue weighted by Crippen LogP contribution is -1.98. The predicted octanol–water partition coefficient (Wildman–Crippen LogP) is 2.20. The Morgan fingerprint density at radius 2 is 2.24 bits per heavy atom. The molecule has 0 aliphatic heterocycles. The summed E-state index contributed by atoms with van der Waals surface area (Å²) in [5, 5.41) is 18.3. The molecule has 0 saturated carbocycles. The van der Waals surface area contributed by atoms with Crippen LogP contribution in [-0.2, 0) is 7.05 Å². The SMILES string of the molecule is Cn1nnc(Br)c1-c1cc([N+](=O)[O-])cc(Cl)n1. The van der Waals surface area contributed by atoms with Crippen molar-refractivity contribution in [3.05, 3.63) is 32.0 Å². The van der Waals surface area contributed by atoms with Crippen LogP contribution in [0.5, 0.6) is 0 Å². The van der Waals surface area contributed by atoms with Gasteiger partial charge in [-0.25, -0.2) is 9.67 Å². The molecular weight excluding hydrogens is 313 g/mol. The van der Waals surface area contributed by atoms with Crippen molar-refractivity contribution in [1.82, 2.24) is 20.0 Å². The second-order valence-corrected chi connectivity index (χ2v) is 4.28. The summed E-state index contributed by atoms with van der Waals surface area (Å²) in [5.41, 5.74) is 0.729. The molecular formula is C8H5BrClN5O2. The van der Waals surface area contributed by atoms with Gasteiger partial charge < -0.3 is 0 Å². The van der Waals surface area contributed by atoms with Crippen LogP contribution in [0.15, 0.2) is 16.7 Å². The maximum Gasteiger partial charge on any atom is 0.274 e. The molecule has 0 aliphatic rings. The molecule has 0 aliphatic carbocycles. The summed E-state index contributed by atoms with van der Waals surface area (Å²) < 4.78 is 1.90. The van der Waals surface area contributed by atoms with Crippen LogP contribution in [0.4, 0.5) is 5.69 Å². The lowest BCUT2D eigenvalue weighted by atomic mass is 10.2. The molecule has 0 amide bonds. The molecule has 0 unspecified atom stereocenters. The van der Waals surface area contributed by atoms with Crippen molar-refractivity contribution in [3.8, 4) is 11.4 Å². The van der Waals surface area contributed by atoms with Crippen molar-refractivity contribution in [2.24, 2.45) is 7.05 Å². The molecule has 0 bridgehead atoms. The highest BCUT2D eigenvalue weighted by Crippen LogP contribution is 2.28. The van der Waals surface area contributed by atoms with Crippen molar-refractivity contribution in [1.29, 1.82) is 0 Å². The van der Waals surface area contributed by atoms with E-state index < -0.39 is 4.92 Å². The Kier molecular flexibility index (Phi) is 3.07. The van der Waals surface area contributed by atoms with E-state index >= 15 is 0 Å². The smallest absolute Gasteiger partial charge is 0.258 e. The van der Waals surface area contributed by atoms with Crippen molar-refractivity contribution >= 4 is 33.2 Å². The van der Waals surface area contributed by atoms with E-state index in [1.54, 1.807) is 7.05 Å². The Morgan fingerprint density at radius 1 is 1.53 bits per heavy atom. The second kappa shape index (κ2) is 4.38. The van der Waals surface area contributed by atoms with Gasteiger partial charge in [0.25, 0.3) is 5.69 Å². The molecule has 17 heavy (non-hydrogen) atoms. The van der Waals surface area contributed by atoms with Gasteiger partial charge in [-0.3, -0.25) is 10.1 Å². The number of nitro groups is 1. The van der Waals surface area contributed by atoms with Crippen LogP contribution in [0, 0.1) is 10.1 Å². The minimum Gasteiger partial charge on any atom is -0.258 e. The molecule has 0 radical (unpaired) electrons. The first kappa shape index (κ1) is 11.9. The number of aromatic nitrogens is 4. The Bertz CT molecular complexity index is 580. The highest BCUT2D eigenvalue weighted by atomic mass is 79.9. The monoisotopic (exact) mass is 317 g/mol. The highest BCUT2D eigenvalue weighted by Gasteiger charge is 2.17. The summed E-state index contributed by atoms with van der Waals surface area (Å²) in [4.78, 5) is 14.2. The van der Waals surface area contributed by atoms with E-state index in [2.05, 4.69) is 31.2 Å². The highest BCUT2D eigenvalue weighted by molar-refractivity contribution is 9.10. The van der Waals surface area contributed by atoms with Gasteiger partial charge in [0.1, 0.15) is 10.8 Å². The number of pyridine rings is 1. The Labute approximate surface area is 109 Å². The molecule has 0 spiro atoms. The van der Waals surface area contributed by atoms with Gasteiger partial charge in [0.05, 0.1) is 16.7 Å². The van der Waals surface area contributed by atoms with Crippen LogP contribution in [-0.4, -0.2) is 24.9 Å². The Balaban J connectivity index is 2.64. The molecule has 2 aromatic heterocycles. The molecule has 9 heteroatoms. The zero-order chi connectivity index (χ0) is 12.6. The normalized spacial score (nSPS) is 10.5. The van der Waals surface area contributed by atoms with Crippen LogP contribution < -0.4 is 0 Å². The Hall–Kier alpha value is -1.54. The van der Waals surface area contributed by atoms with Crippen molar-refractivity contribution < 1.29 is 4.92 Å². The van der Waals surface area contributed by atoms with Crippen molar-refractivity contribution in [3.63, 3.8) is 0 Å². The number of halogens is 2. The number of hydrogen-bond donors (Lipinski definition) is 0. The van der Waals surface area contributed by atoms with E-state index in [0.717, 1.165) is 0 Å². The minimum atomic E-state index is -0.533. The molecule has 88 valence electrons. The van der Waals surface area contributed by atoms with E-state index in [0.29, 0.717) is 16.0 Å². The van der Waals surface area contributed by atoms with Crippen LogP contribution >= 0.6 is 27.5 Å².